The second kappa shape index (κ2) is 7.88. The Morgan fingerprint density at radius 3 is 2.74 bits per heavy atom. The van der Waals surface area contributed by atoms with Gasteiger partial charge < -0.3 is 10.2 Å². The highest BCUT2D eigenvalue weighted by Crippen LogP contribution is 2.15. The molecule has 1 aliphatic heterocycles. The SMILES string of the molecule is Cc1cc(Cl)ccc1CNCCCN1CCCCC1. The predicted octanol–water partition coefficient (Wildman–Crippen LogP) is 3.61. The van der Waals surface area contributed by atoms with Crippen LogP contribution in [0.4, 0.5) is 0 Å². The molecule has 1 heterocycles. The molecule has 1 aromatic carbocycles. The van der Waals surface area contributed by atoms with Gasteiger partial charge in [0.05, 0.1) is 0 Å². The van der Waals surface area contributed by atoms with E-state index in [0.717, 1.165) is 18.1 Å². The fourth-order valence-electron chi connectivity index (χ4n) is 2.69. The van der Waals surface area contributed by atoms with Crippen molar-refractivity contribution in [3.63, 3.8) is 0 Å². The molecular formula is C16H25ClN2. The van der Waals surface area contributed by atoms with Gasteiger partial charge in [0, 0.05) is 11.6 Å². The van der Waals surface area contributed by atoms with Gasteiger partial charge in [-0.25, -0.2) is 0 Å². The van der Waals surface area contributed by atoms with Crippen LogP contribution in [0.1, 0.15) is 36.8 Å². The first-order valence-corrected chi connectivity index (χ1v) is 7.81. The summed E-state index contributed by atoms with van der Waals surface area (Å²) in [5.41, 5.74) is 2.62. The van der Waals surface area contributed by atoms with Gasteiger partial charge in [-0.1, -0.05) is 24.1 Å². The Kier molecular flexibility index (Phi) is 6.15. The minimum atomic E-state index is 0.825. The number of nitrogens with zero attached hydrogens (tertiary/aromatic N) is 1. The van der Waals surface area contributed by atoms with Crippen molar-refractivity contribution >= 4 is 11.6 Å². The van der Waals surface area contributed by atoms with E-state index in [4.69, 9.17) is 11.6 Å². The molecule has 1 aliphatic rings. The third-order valence-electron chi connectivity index (χ3n) is 3.90. The van der Waals surface area contributed by atoms with Gasteiger partial charge >= 0.3 is 0 Å². The molecule has 0 unspecified atom stereocenters. The number of halogens is 1. The Balaban J connectivity index is 1.61. The molecule has 0 amide bonds. The summed E-state index contributed by atoms with van der Waals surface area (Å²) in [6.07, 6.45) is 5.44. The first-order chi connectivity index (χ1) is 9.25. The minimum Gasteiger partial charge on any atom is -0.313 e. The predicted molar refractivity (Wildman–Crippen MR) is 82.8 cm³/mol. The van der Waals surface area contributed by atoms with Crippen LogP contribution in [0.3, 0.4) is 0 Å². The van der Waals surface area contributed by atoms with Crippen LogP contribution in [-0.2, 0) is 6.54 Å². The van der Waals surface area contributed by atoms with Crippen LogP contribution in [0.25, 0.3) is 0 Å². The van der Waals surface area contributed by atoms with Gasteiger partial charge in [0.25, 0.3) is 0 Å². The molecule has 0 spiro atoms. The van der Waals surface area contributed by atoms with Gasteiger partial charge in [-0.3, -0.25) is 0 Å². The first kappa shape index (κ1) is 14.8. The van der Waals surface area contributed by atoms with Crippen molar-refractivity contribution in [1.29, 1.82) is 0 Å². The molecule has 106 valence electrons. The lowest BCUT2D eigenvalue weighted by molar-refractivity contribution is 0.225. The molecule has 1 aromatic rings. The average molecular weight is 281 g/mol. The summed E-state index contributed by atoms with van der Waals surface area (Å²) in [5.74, 6) is 0. The lowest BCUT2D eigenvalue weighted by atomic mass is 10.1. The third kappa shape index (κ3) is 5.13. The van der Waals surface area contributed by atoms with Crippen molar-refractivity contribution in [2.24, 2.45) is 0 Å². The molecule has 1 N–H and O–H groups in total. The highest BCUT2D eigenvalue weighted by atomic mass is 35.5. The van der Waals surface area contributed by atoms with Crippen molar-refractivity contribution in [2.45, 2.75) is 39.2 Å². The van der Waals surface area contributed by atoms with Gasteiger partial charge in [0.15, 0.2) is 0 Å². The topological polar surface area (TPSA) is 15.3 Å². The maximum absolute atomic E-state index is 5.96. The van der Waals surface area contributed by atoms with Gasteiger partial charge in [0.2, 0.25) is 0 Å². The largest absolute Gasteiger partial charge is 0.313 e. The summed E-state index contributed by atoms with van der Waals surface area (Å²) in [6, 6.07) is 6.13. The normalized spacial score (nSPS) is 16.7. The van der Waals surface area contributed by atoms with Crippen LogP contribution in [-0.4, -0.2) is 31.1 Å². The number of benzene rings is 1. The summed E-state index contributed by atoms with van der Waals surface area (Å²) in [7, 11) is 0. The third-order valence-corrected chi connectivity index (χ3v) is 4.13. The summed E-state index contributed by atoms with van der Waals surface area (Å²) >= 11 is 5.96. The minimum absolute atomic E-state index is 0.825. The van der Waals surface area contributed by atoms with Crippen molar-refractivity contribution in [3.8, 4) is 0 Å². The molecule has 1 saturated heterocycles. The van der Waals surface area contributed by atoms with Gasteiger partial charge in [-0.15, -0.1) is 0 Å². The number of likely N-dealkylation sites (tertiary alicyclic amines) is 1. The van der Waals surface area contributed by atoms with Crippen molar-refractivity contribution in [1.82, 2.24) is 10.2 Å². The zero-order chi connectivity index (χ0) is 13.5. The van der Waals surface area contributed by atoms with Crippen LogP contribution in [0, 0.1) is 6.92 Å². The molecule has 1 fully saturated rings. The molecule has 0 atom stereocenters. The van der Waals surface area contributed by atoms with Crippen LogP contribution >= 0.6 is 11.6 Å². The fourth-order valence-corrected chi connectivity index (χ4v) is 2.92. The quantitative estimate of drug-likeness (QED) is 0.801. The Morgan fingerprint density at radius 2 is 2.00 bits per heavy atom. The van der Waals surface area contributed by atoms with Crippen LogP contribution in [0.5, 0.6) is 0 Å². The zero-order valence-electron chi connectivity index (χ0n) is 11.9. The van der Waals surface area contributed by atoms with E-state index in [1.54, 1.807) is 0 Å². The summed E-state index contributed by atoms with van der Waals surface area (Å²) in [6.45, 7) is 8.01. The van der Waals surface area contributed by atoms with E-state index >= 15 is 0 Å². The number of hydrogen-bond acceptors (Lipinski definition) is 2. The molecule has 0 aliphatic carbocycles. The summed E-state index contributed by atoms with van der Waals surface area (Å²) in [4.78, 5) is 2.60. The second-order valence-electron chi connectivity index (χ2n) is 5.50. The Morgan fingerprint density at radius 1 is 1.21 bits per heavy atom. The monoisotopic (exact) mass is 280 g/mol. The van der Waals surface area contributed by atoms with E-state index in [1.807, 2.05) is 12.1 Å². The number of rotatable bonds is 6. The average Bonchev–Trinajstić information content (AvgIpc) is 2.42. The lowest BCUT2D eigenvalue weighted by Crippen LogP contribution is -2.32. The number of piperidine rings is 1. The highest BCUT2D eigenvalue weighted by Gasteiger charge is 2.08. The van der Waals surface area contributed by atoms with Crippen LogP contribution < -0.4 is 5.32 Å². The van der Waals surface area contributed by atoms with Crippen LogP contribution in [0.2, 0.25) is 5.02 Å². The van der Waals surface area contributed by atoms with E-state index in [2.05, 4.69) is 23.2 Å². The van der Waals surface area contributed by atoms with Crippen LogP contribution in [0.15, 0.2) is 18.2 Å². The zero-order valence-corrected chi connectivity index (χ0v) is 12.7. The molecule has 19 heavy (non-hydrogen) atoms. The highest BCUT2D eigenvalue weighted by molar-refractivity contribution is 6.30. The molecule has 2 nitrogen and oxygen atoms in total. The number of aryl methyl sites for hydroxylation is 1. The molecule has 0 saturated carbocycles. The Hall–Kier alpha value is -0.570. The molecule has 0 radical (unpaired) electrons. The summed E-state index contributed by atoms with van der Waals surface area (Å²) < 4.78 is 0. The van der Waals surface area contributed by atoms with E-state index in [1.165, 1.54) is 56.4 Å². The lowest BCUT2D eigenvalue weighted by Gasteiger charge is -2.26. The molecule has 3 heteroatoms. The van der Waals surface area contributed by atoms with Crippen molar-refractivity contribution in [3.05, 3.63) is 34.3 Å². The Labute approximate surface area is 122 Å². The molecule has 0 bridgehead atoms. The van der Waals surface area contributed by atoms with E-state index < -0.39 is 0 Å². The summed E-state index contributed by atoms with van der Waals surface area (Å²) in [5, 5.41) is 4.36. The van der Waals surface area contributed by atoms with Crippen molar-refractivity contribution < 1.29 is 0 Å². The van der Waals surface area contributed by atoms with E-state index in [0.29, 0.717) is 0 Å². The number of hydrogen-bond donors (Lipinski definition) is 1. The Bertz CT molecular complexity index is 386. The van der Waals surface area contributed by atoms with E-state index in [-0.39, 0.29) is 0 Å². The maximum Gasteiger partial charge on any atom is 0.0408 e. The molecular weight excluding hydrogens is 256 g/mol. The fraction of sp³-hybridized carbons (Fsp3) is 0.625. The maximum atomic E-state index is 5.96. The van der Waals surface area contributed by atoms with Gasteiger partial charge in [0.1, 0.15) is 0 Å². The number of nitrogens with one attached hydrogen (secondary N) is 1. The van der Waals surface area contributed by atoms with E-state index in [9.17, 15) is 0 Å². The molecule has 2 rings (SSSR count). The first-order valence-electron chi connectivity index (χ1n) is 7.44. The standard InChI is InChI=1S/C16H25ClN2/c1-14-12-16(17)7-6-15(14)13-18-8-5-11-19-9-3-2-4-10-19/h6-7,12,18H,2-5,8-11,13H2,1H3. The van der Waals surface area contributed by atoms with Crippen molar-refractivity contribution in [2.75, 3.05) is 26.2 Å². The smallest absolute Gasteiger partial charge is 0.0408 e. The van der Waals surface area contributed by atoms with Gasteiger partial charge in [-0.2, -0.15) is 0 Å². The molecule has 0 aromatic heterocycles. The van der Waals surface area contributed by atoms with Gasteiger partial charge in [-0.05, 0) is 75.6 Å². The second-order valence-corrected chi connectivity index (χ2v) is 5.94.